The van der Waals surface area contributed by atoms with Crippen LogP contribution in [0.15, 0.2) is 0 Å². The fraction of sp³-hybridized carbons (Fsp3) is 0.944. The van der Waals surface area contributed by atoms with Crippen LogP contribution in [-0.4, -0.2) is 29.6 Å². The summed E-state index contributed by atoms with van der Waals surface area (Å²) < 4.78 is 17.3. The van der Waals surface area contributed by atoms with Crippen LogP contribution in [0, 0.1) is 5.41 Å². The smallest absolute Gasteiger partial charge is 0.308 e. The van der Waals surface area contributed by atoms with Crippen molar-refractivity contribution in [2.75, 3.05) is 0 Å². The van der Waals surface area contributed by atoms with Gasteiger partial charge in [-0.15, -0.1) is 0 Å². The van der Waals surface area contributed by atoms with Crippen molar-refractivity contribution in [1.29, 1.82) is 0 Å². The highest BCUT2D eigenvalue weighted by molar-refractivity contribution is 5.70. The molecule has 0 radical (unpaired) electrons. The highest BCUT2D eigenvalue weighted by Gasteiger charge is 2.37. The zero-order valence-electron chi connectivity index (χ0n) is 15.6. The average molecular weight is 314 g/mol. The predicted octanol–water partition coefficient (Wildman–Crippen LogP) is 4.45. The van der Waals surface area contributed by atoms with Gasteiger partial charge in [0.05, 0.1) is 18.6 Å². The van der Waals surface area contributed by atoms with Gasteiger partial charge in [-0.1, -0.05) is 20.8 Å². The van der Waals surface area contributed by atoms with Gasteiger partial charge in [-0.2, -0.15) is 0 Å². The highest BCUT2D eigenvalue weighted by atomic mass is 16.7. The summed E-state index contributed by atoms with van der Waals surface area (Å²) in [4.78, 5) is 12.0. The van der Waals surface area contributed by atoms with E-state index in [1.165, 1.54) is 0 Å². The monoisotopic (exact) mass is 314 g/mol. The Morgan fingerprint density at radius 1 is 1.09 bits per heavy atom. The van der Waals surface area contributed by atoms with Crippen molar-refractivity contribution in [3.63, 3.8) is 0 Å². The molecule has 2 atom stereocenters. The Labute approximate surface area is 135 Å². The lowest BCUT2D eigenvalue weighted by Gasteiger charge is -2.41. The van der Waals surface area contributed by atoms with Gasteiger partial charge in [0, 0.05) is 6.42 Å². The molecule has 1 aliphatic rings. The third kappa shape index (κ3) is 8.14. The first-order chi connectivity index (χ1) is 9.76. The van der Waals surface area contributed by atoms with E-state index in [0.29, 0.717) is 0 Å². The van der Waals surface area contributed by atoms with Crippen LogP contribution in [0.4, 0.5) is 0 Å². The number of rotatable bonds is 4. The maximum atomic E-state index is 12.0. The van der Waals surface area contributed by atoms with Crippen LogP contribution in [0.1, 0.15) is 81.1 Å². The Morgan fingerprint density at radius 3 is 2.14 bits per heavy atom. The molecule has 0 aromatic rings. The molecule has 0 aromatic carbocycles. The van der Waals surface area contributed by atoms with Gasteiger partial charge < -0.3 is 14.2 Å². The summed E-state index contributed by atoms with van der Waals surface area (Å²) in [6.07, 6.45) is 3.11. The van der Waals surface area contributed by atoms with Gasteiger partial charge >= 0.3 is 5.97 Å². The molecule has 0 bridgehead atoms. The lowest BCUT2D eigenvalue weighted by atomic mass is 9.88. The number of carbonyl (C=O) groups excluding carboxylic acids is 1. The predicted molar refractivity (Wildman–Crippen MR) is 87.6 cm³/mol. The summed E-state index contributed by atoms with van der Waals surface area (Å²) in [6.45, 7) is 16.2. The normalized spacial score (nSPS) is 25.8. The van der Waals surface area contributed by atoms with Gasteiger partial charge in [0.25, 0.3) is 0 Å². The number of hydrogen-bond acceptors (Lipinski definition) is 4. The largest absolute Gasteiger partial charge is 0.460 e. The van der Waals surface area contributed by atoms with Gasteiger partial charge in [-0.25, -0.2) is 0 Å². The van der Waals surface area contributed by atoms with E-state index in [1.807, 2.05) is 34.6 Å². The Kier molecular flexibility index (Phi) is 6.07. The quantitative estimate of drug-likeness (QED) is 0.719. The Hall–Kier alpha value is -0.610. The zero-order valence-corrected chi connectivity index (χ0v) is 15.6. The van der Waals surface area contributed by atoms with Gasteiger partial charge in [-0.3, -0.25) is 4.79 Å². The number of esters is 1. The van der Waals surface area contributed by atoms with Crippen LogP contribution in [0.5, 0.6) is 0 Å². The Bertz CT molecular complexity index is 374. The van der Waals surface area contributed by atoms with E-state index in [0.717, 1.165) is 19.3 Å². The molecule has 0 amide bonds. The molecule has 1 rings (SSSR count). The molecule has 2 unspecified atom stereocenters. The van der Waals surface area contributed by atoms with E-state index in [-0.39, 0.29) is 30.0 Å². The maximum Gasteiger partial charge on any atom is 0.308 e. The minimum Gasteiger partial charge on any atom is -0.460 e. The fourth-order valence-electron chi connectivity index (χ4n) is 2.68. The highest BCUT2D eigenvalue weighted by Crippen LogP contribution is 2.33. The zero-order chi connectivity index (χ0) is 17.2. The van der Waals surface area contributed by atoms with E-state index in [2.05, 4.69) is 20.8 Å². The van der Waals surface area contributed by atoms with Crippen molar-refractivity contribution in [3.05, 3.63) is 0 Å². The van der Waals surface area contributed by atoms with Crippen LogP contribution in [-0.2, 0) is 19.0 Å². The van der Waals surface area contributed by atoms with Crippen LogP contribution in [0.2, 0.25) is 0 Å². The molecule has 0 spiro atoms. The van der Waals surface area contributed by atoms with E-state index < -0.39 is 11.4 Å². The van der Waals surface area contributed by atoms with Crippen molar-refractivity contribution >= 4 is 5.97 Å². The topological polar surface area (TPSA) is 44.8 Å². The molecule has 0 aliphatic carbocycles. The first-order valence-corrected chi connectivity index (χ1v) is 8.33. The molecule has 0 saturated carbocycles. The molecule has 22 heavy (non-hydrogen) atoms. The third-order valence-electron chi connectivity index (χ3n) is 3.46. The molecule has 130 valence electrons. The molecular formula is C18H34O4. The van der Waals surface area contributed by atoms with Crippen molar-refractivity contribution in [2.24, 2.45) is 5.41 Å². The van der Waals surface area contributed by atoms with E-state index in [9.17, 15) is 4.79 Å². The molecule has 1 saturated heterocycles. The minimum atomic E-state index is -0.645. The van der Waals surface area contributed by atoms with Crippen LogP contribution in [0.3, 0.4) is 0 Å². The number of hydrogen-bond donors (Lipinski definition) is 0. The first-order valence-electron chi connectivity index (χ1n) is 8.33. The summed E-state index contributed by atoms with van der Waals surface area (Å²) in [5.41, 5.74) is -0.171. The summed E-state index contributed by atoms with van der Waals surface area (Å²) in [7, 11) is 0. The third-order valence-corrected chi connectivity index (χ3v) is 3.46. The fourth-order valence-corrected chi connectivity index (χ4v) is 2.68. The number of ether oxygens (including phenoxy) is 3. The Balaban J connectivity index is 2.58. The molecule has 1 heterocycles. The van der Waals surface area contributed by atoms with E-state index >= 15 is 0 Å². The first kappa shape index (κ1) is 19.4. The van der Waals surface area contributed by atoms with Gasteiger partial charge in [-0.05, 0) is 52.9 Å². The molecule has 4 heteroatoms. The second-order valence-electron chi connectivity index (χ2n) is 9.01. The van der Waals surface area contributed by atoms with Crippen molar-refractivity contribution in [1.82, 2.24) is 0 Å². The van der Waals surface area contributed by atoms with Crippen LogP contribution < -0.4 is 0 Å². The molecule has 0 aromatic heterocycles. The van der Waals surface area contributed by atoms with Gasteiger partial charge in [0.15, 0.2) is 5.79 Å². The molecular weight excluding hydrogens is 280 g/mol. The van der Waals surface area contributed by atoms with Crippen LogP contribution >= 0.6 is 0 Å². The van der Waals surface area contributed by atoms with Crippen molar-refractivity contribution < 1.29 is 19.0 Å². The van der Waals surface area contributed by atoms with Gasteiger partial charge in [0.1, 0.15) is 5.60 Å². The second-order valence-corrected chi connectivity index (χ2v) is 9.01. The standard InChI is InChI=1S/C18H34O4/c1-16(2,3)10-9-13-11-14(21-18(7,8)20-13)12-15(19)22-17(4,5)6/h13-14H,9-12H2,1-8H3. The Morgan fingerprint density at radius 2 is 1.64 bits per heavy atom. The second kappa shape index (κ2) is 6.88. The molecule has 1 aliphatic heterocycles. The average Bonchev–Trinajstić information content (AvgIpc) is 2.20. The summed E-state index contributed by atoms with van der Waals surface area (Å²) >= 11 is 0. The van der Waals surface area contributed by atoms with Gasteiger partial charge in [0.2, 0.25) is 0 Å². The molecule has 1 fully saturated rings. The molecule has 4 nitrogen and oxygen atoms in total. The van der Waals surface area contributed by atoms with E-state index in [4.69, 9.17) is 14.2 Å². The minimum absolute atomic E-state index is 0.135. The lowest BCUT2D eigenvalue weighted by molar-refractivity contribution is -0.301. The van der Waals surface area contributed by atoms with Crippen LogP contribution in [0.25, 0.3) is 0 Å². The maximum absolute atomic E-state index is 12.0. The summed E-state index contributed by atoms with van der Waals surface area (Å²) in [6, 6.07) is 0. The van der Waals surface area contributed by atoms with Crippen molar-refractivity contribution in [2.45, 2.75) is 105 Å². The van der Waals surface area contributed by atoms with Crippen molar-refractivity contribution in [3.8, 4) is 0 Å². The summed E-state index contributed by atoms with van der Waals surface area (Å²) in [5, 5.41) is 0. The van der Waals surface area contributed by atoms with E-state index in [1.54, 1.807) is 0 Å². The molecule has 0 N–H and O–H groups in total. The summed E-state index contributed by atoms with van der Waals surface area (Å²) in [5.74, 6) is -0.849. The SMILES string of the molecule is CC(C)(C)CCC1CC(CC(=O)OC(C)(C)C)OC(C)(C)O1. The lowest BCUT2D eigenvalue weighted by Crippen LogP contribution is -2.45. The number of carbonyl (C=O) groups is 1.